The van der Waals surface area contributed by atoms with Crippen LogP contribution in [0.2, 0.25) is 0 Å². The molecule has 1 amide bonds. The van der Waals surface area contributed by atoms with Crippen molar-refractivity contribution in [3.05, 3.63) is 48.2 Å². The summed E-state index contributed by atoms with van der Waals surface area (Å²) in [4.78, 5) is 16.5. The number of imidazole rings is 1. The largest absolute Gasteiger partial charge is 0.497 e. The van der Waals surface area contributed by atoms with Crippen molar-refractivity contribution in [3.63, 3.8) is 0 Å². The van der Waals surface area contributed by atoms with E-state index in [1.54, 1.807) is 26.6 Å². The van der Waals surface area contributed by atoms with Crippen LogP contribution in [-0.4, -0.2) is 29.1 Å². The molecule has 3 rings (SSSR count). The van der Waals surface area contributed by atoms with E-state index < -0.39 is 0 Å². The molecule has 1 N–H and O–H groups in total. The number of nitrogens with zero attached hydrogens (tertiary/aromatic N) is 2. The quantitative estimate of drug-likeness (QED) is 0.710. The zero-order valence-corrected chi connectivity index (χ0v) is 13.2. The SMILES string of the molecule is COc1ccc2oc(C)c(C(=O)NCCCn3ccnc3)c2c1. The van der Waals surface area contributed by atoms with Crippen molar-refractivity contribution < 1.29 is 13.9 Å². The van der Waals surface area contributed by atoms with Crippen molar-refractivity contribution in [1.29, 1.82) is 0 Å². The third-order valence-corrected chi connectivity index (χ3v) is 3.74. The Kier molecular flexibility index (Phi) is 4.32. The van der Waals surface area contributed by atoms with E-state index in [1.807, 2.05) is 29.0 Å². The van der Waals surface area contributed by atoms with Crippen LogP contribution in [0, 0.1) is 6.92 Å². The molecule has 23 heavy (non-hydrogen) atoms. The van der Waals surface area contributed by atoms with E-state index in [9.17, 15) is 4.79 Å². The topological polar surface area (TPSA) is 69.3 Å². The first-order valence-electron chi connectivity index (χ1n) is 7.50. The zero-order valence-electron chi connectivity index (χ0n) is 13.2. The van der Waals surface area contributed by atoms with Crippen LogP contribution in [0.3, 0.4) is 0 Å². The molecule has 120 valence electrons. The first kappa shape index (κ1) is 15.1. The molecule has 0 aliphatic rings. The Bertz CT molecular complexity index is 806. The average Bonchev–Trinajstić information content (AvgIpc) is 3.17. The molecule has 2 heterocycles. The van der Waals surface area contributed by atoms with Crippen molar-refractivity contribution >= 4 is 16.9 Å². The second-order valence-corrected chi connectivity index (χ2v) is 5.31. The van der Waals surface area contributed by atoms with Gasteiger partial charge in [0.05, 0.1) is 19.0 Å². The lowest BCUT2D eigenvalue weighted by molar-refractivity contribution is 0.0952. The standard InChI is InChI=1S/C17H19N3O3/c1-12-16(14-10-13(22-2)4-5-15(14)23-12)17(21)19-6-3-8-20-9-7-18-11-20/h4-5,7,9-11H,3,6,8H2,1-2H3,(H,19,21). The molecule has 6 nitrogen and oxygen atoms in total. The number of fused-ring (bicyclic) bond motifs is 1. The Morgan fingerprint density at radius 1 is 1.43 bits per heavy atom. The van der Waals surface area contributed by atoms with Crippen LogP contribution in [-0.2, 0) is 6.54 Å². The summed E-state index contributed by atoms with van der Waals surface area (Å²) in [5.74, 6) is 1.19. The third kappa shape index (κ3) is 3.21. The number of methoxy groups -OCH3 is 1. The minimum atomic E-state index is -0.125. The van der Waals surface area contributed by atoms with Gasteiger partial charge in [0.15, 0.2) is 0 Å². The van der Waals surface area contributed by atoms with Crippen molar-refractivity contribution in [1.82, 2.24) is 14.9 Å². The summed E-state index contributed by atoms with van der Waals surface area (Å²) in [5, 5.41) is 3.72. The van der Waals surface area contributed by atoms with Crippen molar-refractivity contribution in [2.45, 2.75) is 19.9 Å². The van der Waals surface area contributed by atoms with Gasteiger partial charge in [0.2, 0.25) is 0 Å². The first-order valence-corrected chi connectivity index (χ1v) is 7.50. The summed E-state index contributed by atoms with van der Waals surface area (Å²) < 4.78 is 12.9. The highest BCUT2D eigenvalue weighted by Gasteiger charge is 2.18. The Balaban J connectivity index is 1.68. The Labute approximate surface area is 134 Å². The van der Waals surface area contributed by atoms with Crippen LogP contribution >= 0.6 is 0 Å². The fourth-order valence-corrected chi connectivity index (χ4v) is 2.58. The number of hydrogen-bond acceptors (Lipinski definition) is 4. The number of hydrogen-bond donors (Lipinski definition) is 1. The van der Waals surface area contributed by atoms with Gasteiger partial charge in [-0.05, 0) is 31.5 Å². The monoisotopic (exact) mass is 313 g/mol. The molecule has 0 aliphatic heterocycles. The van der Waals surface area contributed by atoms with E-state index in [0.29, 0.717) is 29.2 Å². The predicted octanol–water partition coefficient (Wildman–Crippen LogP) is 2.77. The molecule has 0 radical (unpaired) electrons. The normalized spacial score (nSPS) is 10.9. The fourth-order valence-electron chi connectivity index (χ4n) is 2.58. The molecular formula is C17H19N3O3. The van der Waals surface area contributed by atoms with Crippen LogP contribution in [0.1, 0.15) is 22.5 Å². The minimum absolute atomic E-state index is 0.125. The van der Waals surface area contributed by atoms with Crippen LogP contribution < -0.4 is 10.1 Å². The van der Waals surface area contributed by atoms with Gasteiger partial charge < -0.3 is 19.0 Å². The number of amides is 1. The lowest BCUT2D eigenvalue weighted by Crippen LogP contribution is -2.25. The van der Waals surface area contributed by atoms with Gasteiger partial charge in [-0.15, -0.1) is 0 Å². The summed E-state index contributed by atoms with van der Waals surface area (Å²) >= 11 is 0. The predicted molar refractivity (Wildman–Crippen MR) is 86.7 cm³/mol. The molecule has 1 aromatic carbocycles. The van der Waals surface area contributed by atoms with Gasteiger partial charge in [-0.1, -0.05) is 0 Å². The van der Waals surface area contributed by atoms with Crippen LogP contribution in [0.5, 0.6) is 5.75 Å². The fraction of sp³-hybridized carbons (Fsp3) is 0.294. The molecule has 2 aromatic heterocycles. The van der Waals surface area contributed by atoms with Crippen LogP contribution in [0.4, 0.5) is 0 Å². The van der Waals surface area contributed by atoms with Gasteiger partial charge in [-0.25, -0.2) is 4.98 Å². The summed E-state index contributed by atoms with van der Waals surface area (Å²) in [7, 11) is 1.60. The van der Waals surface area contributed by atoms with Crippen molar-refractivity contribution in [2.75, 3.05) is 13.7 Å². The number of carbonyl (C=O) groups excluding carboxylic acids is 1. The second-order valence-electron chi connectivity index (χ2n) is 5.31. The van der Waals surface area contributed by atoms with E-state index in [-0.39, 0.29) is 5.91 Å². The Hall–Kier alpha value is -2.76. The van der Waals surface area contributed by atoms with Crippen molar-refractivity contribution in [3.8, 4) is 5.75 Å². The second kappa shape index (κ2) is 6.56. The Morgan fingerprint density at radius 2 is 2.30 bits per heavy atom. The molecule has 0 bridgehead atoms. The summed E-state index contributed by atoms with van der Waals surface area (Å²) in [6.45, 7) is 3.21. The van der Waals surface area contributed by atoms with Gasteiger partial charge in [0.25, 0.3) is 5.91 Å². The number of nitrogens with one attached hydrogen (secondary N) is 1. The zero-order chi connectivity index (χ0) is 16.2. The number of furan rings is 1. The summed E-state index contributed by atoms with van der Waals surface area (Å²) in [6, 6.07) is 5.46. The van der Waals surface area contributed by atoms with Crippen LogP contribution in [0.25, 0.3) is 11.0 Å². The molecule has 6 heteroatoms. The van der Waals surface area contributed by atoms with Crippen molar-refractivity contribution in [2.24, 2.45) is 0 Å². The molecule has 0 unspecified atom stereocenters. The number of benzene rings is 1. The van der Waals surface area contributed by atoms with Gasteiger partial charge in [0.1, 0.15) is 17.1 Å². The number of carbonyl (C=O) groups is 1. The van der Waals surface area contributed by atoms with E-state index in [4.69, 9.17) is 9.15 Å². The Morgan fingerprint density at radius 3 is 3.04 bits per heavy atom. The number of ether oxygens (including phenoxy) is 1. The smallest absolute Gasteiger partial charge is 0.255 e. The number of aryl methyl sites for hydroxylation is 2. The number of rotatable bonds is 6. The lowest BCUT2D eigenvalue weighted by Gasteiger charge is -2.06. The molecule has 0 atom stereocenters. The van der Waals surface area contributed by atoms with E-state index >= 15 is 0 Å². The van der Waals surface area contributed by atoms with E-state index in [1.165, 1.54) is 0 Å². The van der Waals surface area contributed by atoms with E-state index in [0.717, 1.165) is 18.4 Å². The molecule has 0 saturated carbocycles. The summed E-state index contributed by atoms with van der Waals surface area (Å²) in [5.41, 5.74) is 1.26. The maximum Gasteiger partial charge on any atom is 0.255 e. The molecule has 0 spiro atoms. The highest BCUT2D eigenvalue weighted by atomic mass is 16.5. The number of aromatic nitrogens is 2. The molecule has 0 fully saturated rings. The molecule has 0 aliphatic carbocycles. The first-order chi connectivity index (χ1) is 11.2. The highest BCUT2D eigenvalue weighted by molar-refractivity contribution is 6.07. The summed E-state index contributed by atoms with van der Waals surface area (Å²) in [6.07, 6.45) is 6.25. The highest BCUT2D eigenvalue weighted by Crippen LogP contribution is 2.28. The van der Waals surface area contributed by atoms with Gasteiger partial charge >= 0.3 is 0 Å². The minimum Gasteiger partial charge on any atom is -0.497 e. The maximum absolute atomic E-state index is 12.5. The maximum atomic E-state index is 12.5. The van der Waals surface area contributed by atoms with Gasteiger partial charge in [-0.3, -0.25) is 4.79 Å². The molecular weight excluding hydrogens is 294 g/mol. The molecule has 3 aromatic rings. The van der Waals surface area contributed by atoms with Gasteiger partial charge in [-0.2, -0.15) is 0 Å². The van der Waals surface area contributed by atoms with E-state index in [2.05, 4.69) is 10.3 Å². The van der Waals surface area contributed by atoms with Crippen LogP contribution in [0.15, 0.2) is 41.3 Å². The lowest BCUT2D eigenvalue weighted by atomic mass is 10.1. The van der Waals surface area contributed by atoms with Gasteiger partial charge in [0, 0.05) is 30.9 Å². The molecule has 0 saturated heterocycles. The third-order valence-electron chi connectivity index (χ3n) is 3.74. The average molecular weight is 313 g/mol.